The standard InChI is InChI=1S/C15H21BN2O4/c1-15(2,3)22-14(20)18-8-7-17-13(19)11-6-4-5-10-9-21-16-12(10)11/h4-6,16H,7-9H2,1-3H3,(H,17,19)(H,18,20). The average Bonchev–Trinajstić information content (AvgIpc) is 2.89. The number of nitrogens with one attached hydrogen (secondary N) is 2. The molecule has 0 bridgehead atoms. The Morgan fingerprint density at radius 2 is 2.00 bits per heavy atom. The Labute approximate surface area is 130 Å². The molecule has 6 nitrogen and oxygen atoms in total. The van der Waals surface area contributed by atoms with Gasteiger partial charge in [0.05, 0.1) is 6.61 Å². The Morgan fingerprint density at radius 3 is 2.73 bits per heavy atom. The van der Waals surface area contributed by atoms with E-state index in [9.17, 15) is 9.59 Å². The van der Waals surface area contributed by atoms with Gasteiger partial charge in [0.15, 0.2) is 0 Å². The number of benzene rings is 1. The SMILES string of the molecule is CC(C)(C)OC(=O)NCCNC(=O)c1cccc2c1BOC2. The summed E-state index contributed by atoms with van der Waals surface area (Å²) in [4.78, 5) is 23.6. The van der Waals surface area contributed by atoms with Gasteiger partial charge in [-0.1, -0.05) is 12.1 Å². The van der Waals surface area contributed by atoms with Crippen molar-refractivity contribution in [2.75, 3.05) is 13.1 Å². The number of rotatable bonds is 4. The van der Waals surface area contributed by atoms with Crippen LogP contribution < -0.4 is 16.1 Å². The number of amides is 2. The molecule has 7 heteroatoms. The zero-order valence-electron chi connectivity index (χ0n) is 13.2. The van der Waals surface area contributed by atoms with Gasteiger partial charge in [0, 0.05) is 18.7 Å². The van der Waals surface area contributed by atoms with Crippen molar-refractivity contribution in [2.45, 2.75) is 33.0 Å². The fourth-order valence-corrected chi connectivity index (χ4v) is 2.17. The summed E-state index contributed by atoms with van der Waals surface area (Å²) in [6, 6.07) is 5.59. The van der Waals surface area contributed by atoms with E-state index in [1.54, 1.807) is 26.8 Å². The number of fused-ring (bicyclic) bond motifs is 1. The van der Waals surface area contributed by atoms with Crippen molar-refractivity contribution in [1.82, 2.24) is 10.6 Å². The molecule has 1 heterocycles. The van der Waals surface area contributed by atoms with Crippen LogP contribution in [0.5, 0.6) is 0 Å². The van der Waals surface area contributed by atoms with E-state index in [0.29, 0.717) is 32.7 Å². The number of carbonyl (C=O) groups is 2. The van der Waals surface area contributed by atoms with Crippen LogP contribution in [-0.2, 0) is 16.0 Å². The third kappa shape index (κ3) is 4.49. The van der Waals surface area contributed by atoms with Gasteiger partial charge in [0.25, 0.3) is 5.91 Å². The van der Waals surface area contributed by atoms with Crippen molar-refractivity contribution in [2.24, 2.45) is 0 Å². The van der Waals surface area contributed by atoms with Crippen LogP contribution in [-0.4, -0.2) is 38.2 Å². The number of hydrogen-bond donors (Lipinski definition) is 2. The highest BCUT2D eigenvalue weighted by molar-refractivity contribution is 6.51. The molecule has 2 amide bonds. The Morgan fingerprint density at radius 1 is 1.27 bits per heavy atom. The first-order valence-corrected chi connectivity index (χ1v) is 7.30. The molecule has 22 heavy (non-hydrogen) atoms. The molecule has 1 aliphatic heterocycles. The van der Waals surface area contributed by atoms with Crippen LogP contribution in [0.2, 0.25) is 0 Å². The van der Waals surface area contributed by atoms with Crippen LogP contribution in [0.3, 0.4) is 0 Å². The zero-order chi connectivity index (χ0) is 16.2. The van der Waals surface area contributed by atoms with Gasteiger partial charge in [0.2, 0.25) is 0 Å². The van der Waals surface area contributed by atoms with Gasteiger partial charge >= 0.3 is 13.6 Å². The first kappa shape index (κ1) is 16.4. The number of ether oxygens (including phenoxy) is 1. The Bertz CT molecular complexity index is 569. The lowest BCUT2D eigenvalue weighted by molar-refractivity contribution is 0.0526. The van der Waals surface area contributed by atoms with Crippen LogP contribution in [0.4, 0.5) is 4.79 Å². The summed E-state index contributed by atoms with van der Waals surface area (Å²) in [5.74, 6) is -0.159. The lowest BCUT2D eigenvalue weighted by Crippen LogP contribution is -2.39. The molecule has 0 radical (unpaired) electrons. The van der Waals surface area contributed by atoms with Crippen molar-refractivity contribution in [1.29, 1.82) is 0 Å². The van der Waals surface area contributed by atoms with E-state index in [-0.39, 0.29) is 5.91 Å². The maximum absolute atomic E-state index is 12.2. The third-order valence-electron chi connectivity index (χ3n) is 3.10. The lowest BCUT2D eigenvalue weighted by atomic mass is 9.83. The Balaban J connectivity index is 1.77. The summed E-state index contributed by atoms with van der Waals surface area (Å²) < 4.78 is 10.5. The van der Waals surface area contributed by atoms with Gasteiger partial charge in [-0.25, -0.2) is 4.79 Å². The molecular weight excluding hydrogens is 283 g/mol. The van der Waals surface area contributed by atoms with Crippen LogP contribution >= 0.6 is 0 Å². The van der Waals surface area contributed by atoms with Crippen LogP contribution in [0.15, 0.2) is 18.2 Å². The summed E-state index contributed by atoms with van der Waals surface area (Å²) >= 11 is 0. The average molecular weight is 304 g/mol. The molecule has 118 valence electrons. The minimum Gasteiger partial charge on any atom is -0.444 e. The Kier molecular flexibility index (Phi) is 5.08. The number of alkyl carbamates (subject to hydrolysis) is 1. The minimum atomic E-state index is -0.530. The second kappa shape index (κ2) is 6.83. The summed E-state index contributed by atoms with van der Waals surface area (Å²) in [5.41, 5.74) is 2.10. The fourth-order valence-electron chi connectivity index (χ4n) is 2.17. The van der Waals surface area contributed by atoms with E-state index >= 15 is 0 Å². The maximum Gasteiger partial charge on any atom is 0.407 e. The summed E-state index contributed by atoms with van der Waals surface area (Å²) in [6.45, 7) is 6.59. The van der Waals surface area contributed by atoms with E-state index in [1.165, 1.54) is 0 Å². The van der Waals surface area contributed by atoms with Crippen LogP contribution in [0, 0.1) is 0 Å². The van der Waals surface area contributed by atoms with Gasteiger partial charge in [-0.2, -0.15) is 0 Å². The molecule has 0 atom stereocenters. The monoisotopic (exact) mass is 304 g/mol. The molecule has 0 saturated heterocycles. The van der Waals surface area contributed by atoms with E-state index in [0.717, 1.165) is 11.0 Å². The zero-order valence-corrected chi connectivity index (χ0v) is 13.2. The van der Waals surface area contributed by atoms with Crippen molar-refractivity contribution >= 4 is 24.9 Å². The van der Waals surface area contributed by atoms with E-state index in [1.807, 2.05) is 12.1 Å². The second-order valence-corrected chi connectivity index (χ2v) is 6.12. The molecular formula is C15H21BN2O4. The first-order chi connectivity index (χ1) is 10.4. The molecule has 2 rings (SSSR count). The molecule has 1 aliphatic rings. The normalized spacial score (nSPS) is 13.0. The second-order valence-electron chi connectivity index (χ2n) is 6.12. The largest absolute Gasteiger partial charge is 0.444 e. The molecule has 0 fully saturated rings. The smallest absolute Gasteiger partial charge is 0.407 e. The van der Waals surface area contributed by atoms with Gasteiger partial charge in [-0.3, -0.25) is 4.79 Å². The van der Waals surface area contributed by atoms with Crippen LogP contribution in [0.1, 0.15) is 36.7 Å². The highest BCUT2D eigenvalue weighted by Gasteiger charge is 2.20. The summed E-state index contributed by atoms with van der Waals surface area (Å²) in [6.07, 6.45) is -0.490. The van der Waals surface area contributed by atoms with Crippen molar-refractivity contribution < 1.29 is 19.0 Å². The highest BCUT2D eigenvalue weighted by Crippen LogP contribution is 2.09. The molecule has 0 saturated carbocycles. The minimum absolute atomic E-state index is 0.159. The topological polar surface area (TPSA) is 76.7 Å². The van der Waals surface area contributed by atoms with Crippen molar-refractivity contribution in [3.8, 4) is 0 Å². The van der Waals surface area contributed by atoms with Gasteiger partial charge in [0.1, 0.15) is 5.60 Å². The summed E-state index contributed by atoms with van der Waals surface area (Å²) in [5, 5.41) is 5.38. The van der Waals surface area contributed by atoms with Gasteiger partial charge in [-0.15, -0.1) is 0 Å². The molecule has 1 aromatic carbocycles. The number of carbonyl (C=O) groups excluding carboxylic acids is 2. The molecule has 2 N–H and O–H groups in total. The Hall–Kier alpha value is -2.02. The molecule has 0 aliphatic carbocycles. The van der Waals surface area contributed by atoms with E-state index < -0.39 is 11.7 Å². The number of hydrogen-bond acceptors (Lipinski definition) is 4. The third-order valence-corrected chi connectivity index (χ3v) is 3.10. The molecule has 1 aromatic rings. The van der Waals surface area contributed by atoms with E-state index in [2.05, 4.69) is 10.6 Å². The lowest BCUT2D eigenvalue weighted by Gasteiger charge is -2.19. The molecule has 0 spiro atoms. The predicted molar refractivity (Wildman–Crippen MR) is 84.6 cm³/mol. The van der Waals surface area contributed by atoms with Crippen molar-refractivity contribution in [3.63, 3.8) is 0 Å². The summed E-state index contributed by atoms with van der Waals surface area (Å²) in [7, 11) is 0.467. The molecule has 0 aromatic heterocycles. The van der Waals surface area contributed by atoms with Gasteiger partial charge in [-0.05, 0) is 37.9 Å². The predicted octanol–water partition coefficient (Wildman–Crippen LogP) is 0.448. The van der Waals surface area contributed by atoms with Crippen molar-refractivity contribution in [3.05, 3.63) is 29.3 Å². The molecule has 0 unspecified atom stereocenters. The highest BCUT2D eigenvalue weighted by atomic mass is 16.6. The van der Waals surface area contributed by atoms with Gasteiger partial charge < -0.3 is 20.0 Å². The quantitative estimate of drug-likeness (QED) is 0.625. The first-order valence-electron chi connectivity index (χ1n) is 7.30. The fraction of sp³-hybridized carbons (Fsp3) is 0.467. The van der Waals surface area contributed by atoms with Crippen LogP contribution in [0.25, 0.3) is 0 Å². The van der Waals surface area contributed by atoms with E-state index in [4.69, 9.17) is 9.39 Å². The maximum atomic E-state index is 12.2.